The molecule has 0 spiro atoms. The number of halogens is 3. The Morgan fingerprint density at radius 1 is 0.878 bits per heavy atom. The fourth-order valence-corrected chi connectivity index (χ4v) is 7.11. The summed E-state index contributed by atoms with van der Waals surface area (Å²) >= 11 is 3.14. The summed E-state index contributed by atoms with van der Waals surface area (Å²) in [6.07, 6.45) is 0. The Morgan fingerprint density at radius 2 is 1.59 bits per heavy atom. The van der Waals surface area contributed by atoms with Crippen LogP contribution >= 0.6 is 34.4 Å². The number of thiophene rings is 1. The molecule has 6 rings (SSSR count). The first-order valence-corrected chi connectivity index (χ1v) is 15.1. The minimum absolute atomic E-state index is 0.0887. The summed E-state index contributed by atoms with van der Waals surface area (Å²) in [5, 5.41) is 7.22. The zero-order chi connectivity index (χ0) is 28.5. The number of aromatic nitrogens is 2. The quantitative estimate of drug-likeness (QED) is 0.179. The van der Waals surface area contributed by atoms with Crippen LogP contribution in [-0.2, 0) is 10.5 Å². The molecule has 0 saturated carbocycles. The molecule has 0 bridgehead atoms. The molecule has 0 saturated heterocycles. The largest absolute Gasteiger partial charge is 0.339 e. The molecule has 2 amide bonds. The highest BCUT2D eigenvalue weighted by Crippen LogP contribution is 2.31. The van der Waals surface area contributed by atoms with Crippen LogP contribution < -0.4 is 10.6 Å². The second-order valence-electron chi connectivity index (χ2n) is 9.00. The van der Waals surface area contributed by atoms with Gasteiger partial charge in [-0.25, -0.2) is 18.7 Å². The first-order valence-electron chi connectivity index (χ1n) is 12.3. The van der Waals surface area contributed by atoms with Gasteiger partial charge in [-0.05, 0) is 30.3 Å². The number of nitrogens with zero attached hydrogens (tertiary/aromatic N) is 2. The molecular formula is C29H19F3N4O2S3. The zero-order valence-corrected chi connectivity index (χ0v) is 23.4. The van der Waals surface area contributed by atoms with Crippen LogP contribution in [0.15, 0.2) is 72.8 Å². The normalized spacial score (nSPS) is 12.2. The molecule has 0 aliphatic heterocycles. The van der Waals surface area contributed by atoms with Crippen molar-refractivity contribution in [2.45, 2.75) is 11.8 Å². The van der Waals surface area contributed by atoms with Gasteiger partial charge in [0, 0.05) is 28.3 Å². The van der Waals surface area contributed by atoms with Crippen LogP contribution in [0.25, 0.3) is 32.0 Å². The molecular weight excluding hydrogens is 590 g/mol. The Hall–Kier alpha value is -4.00. The van der Waals surface area contributed by atoms with E-state index in [0.717, 1.165) is 28.2 Å². The van der Waals surface area contributed by atoms with Gasteiger partial charge in [0.05, 0.1) is 26.3 Å². The van der Waals surface area contributed by atoms with Crippen LogP contribution in [-0.4, -0.2) is 33.6 Å². The Bertz CT molecular complexity index is 1890. The molecule has 0 aliphatic carbocycles. The van der Waals surface area contributed by atoms with Crippen LogP contribution in [0, 0.1) is 16.8 Å². The molecule has 0 radical (unpaired) electrons. The molecule has 1 unspecified atom stereocenters. The van der Waals surface area contributed by atoms with E-state index in [-0.39, 0.29) is 16.1 Å². The third-order valence-corrected chi connectivity index (χ3v) is 9.33. The number of carbonyl (C=O) groups excluding carboxylic acids is 2. The van der Waals surface area contributed by atoms with Gasteiger partial charge in [-0.3, -0.25) is 9.59 Å². The van der Waals surface area contributed by atoms with E-state index in [0.29, 0.717) is 43.5 Å². The van der Waals surface area contributed by atoms with E-state index in [2.05, 4.69) is 20.6 Å². The highest BCUT2D eigenvalue weighted by Gasteiger charge is 2.24. The summed E-state index contributed by atoms with van der Waals surface area (Å²) in [7, 11) is 0. The SMILES string of the molecule is O=C(NC(CSCc1nc2c(F)cc(F)cc2s1)C(=O)Nc1c2ccccc2nc2ccccc12)c1ccc(F)s1. The monoisotopic (exact) mass is 608 g/mol. The van der Waals surface area contributed by atoms with Crippen molar-refractivity contribution >= 4 is 84.0 Å². The molecule has 41 heavy (non-hydrogen) atoms. The molecule has 206 valence electrons. The van der Waals surface area contributed by atoms with Crippen molar-refractivity contribution in [2.24, 2.45) is 0 Å². The smallest absolute Gasteiger partial charge is 0.262 e. The number of hydrogen-bond acceptors (Lipinski definition) is 7. The van der Waals surface area contributed by atoms with Crippen molar-refractivity contribution in [3.63, 3.8) is 0 Å². The Kier molecular flexibility index (Phi) is 7.61. The fourth-order valence-electron chi connectivity index (χ4n) is 4.36. The van der Waals surface area contributed by atoms with Gasteiger partial charge in [-0.1, -0.05) is 36.4 Å². The predicted octanol–water partition coefficient (Wildman–Crippen LogP) is 7.15. The number of para-hydroxylation sites is 2. The van der Waals surface area contributed by atoms with Gasteiger partial charge in [-0.2, -0.15) is 16.2 Å². The topological polar surface area (TPSA) is 84.0 Å². The number of fused-ring (bicyclic) bond motifs is 3. The third kappa shape index (κ3) is 5.76. The van der Waals surface area contributed by atoms with E-state index in [4.69, 9.17) is 0 Å². The lowest BCUT2D eigenvalue weighted by Crippen LogP contribution is -2.45. The van der Waals surface area contributed by atoms with E-state index in [1.807, 2.05) is 48.5 Å². The van der Waals surface area contributed by atoms with Gasteiger partial charge < -0.3 is 10.6 Å². The second kappa shape index (κ2) is 11.5. The molecule has 6 nitrogen and oxygen atoms in total. The highest BCUT2D eigenvalue weighted by molar-refractivity contribution is 7.98. The van der Waals surface area contributed by atoms with Crippen LogP contribution in [0.4, 0.5) is 18.9 Å². The predicted molar refractivity (Wildman–Crippen MR) is 159 cm³/mol. The Labute approximate surface area is 243 Å². The second-order valence-corrected chi connectivity index (χ2v) is 12.2. The summed E-state index contributed by atoms with van der Waals surface area (Å²) in [4.78, 5) is 35.7. The number of anilines is 1. The first kappa shape index (κ1) is 27.2. The summed E-state index contributed by atoms with van der Waals surface area (Å²) in [6.45, 7) is 0. The van der Waals surface area contributed by atoms with Crippen molar-refractivity contribution in [3.05, 3.63) is 99.4 Å². The van der Waals surface area contributed by atoms with Gasteiger partial charge in [0.2, 0.25) is 5.91 Å². The average Bonchev–Trinajstić information content (AvgIpc) is 3.58. The number of thiazole rings is 1. The van der Waals surface area contributed by atoms with Crippen molar-refractivity contribution in [1.82, 2.24) is 15.3 Å². The molecule has 3 aromatic carbocycles. The average molecular weight is 609 g/mol. The molecule has 3 aromatic heterocycles. The van der Waals surface area contributed by atoms with Crippen LogP contribution in [0.2, 0.25) is 0 Å². The van der Waals surface area contributed by atoms with Crippen LogP contribution in [0.3, 0.4) is 0 Å². The lowest BCUT2D eigenvalue weighted by Gasteiger charge is -2.19. The summed E-state index contributed by atoms with van der Waals surface area (Å²) in [6, 6.07) is 18.4. The summed E-state index contributed by atoms with van der Waals surface area (Å²) in [5.74, 6) is -2.03. The molecule has 0 aliphatic rings. The van der Waals surface area contributed by atoms with Crippen LogP contribution in [0.1, 0.15) is 14.7 Å². The number of carbonyl (C=O) groups is 2. The van der Waals surface area contributed by atoms with Crippen molar-refractivity contribution < 1.29 is 22.8 Å². The van der Waals surface area contributed by atoms with E-state index in [1.54, 1.807) is 0 Å². The van der Waals surface area contributed by atoms with E-state index in [1.165, 1.54) is 30.0 Å². The zero-order valence-electron chi connectivity index (χ0n) is 21.0. The number of hydrogen-bond donors (Lipinski definition) is 2. The maximum atomic E-state index is 14.1. The number of benzene rings is 3. The fraction of sp³-hybridized carbons (Fsp3) is 0.103. The maximum absolute atomic E-state index is 14.1. The standard InChI is InChI=1S/C29H19F3N4O2S3/c30-15-11-18(31)27-23(12-15)41-25(35-27)14-39-13-21(34-29(38)22-9-10-24(32)40-22)28(37)36-26-16-5-1-3-7-19(16)33-20-8-4-2-6-17(20)26/h1-12,21H,13-14H2,(H,34,38)(H,33,36,37). The van der Waals surface area contributed by atoms with Crippen molar-refractivity contribution in [2.75, 3.05) is 11.1 Å². The molecule has 3 heterocycles. The molecule has 2 N–H and O–H groups in total. The molecule has 0 fully saturated rings. The van der Waals surface area contributed by atoms with E-state index in [9.17, 15) is 22.8 Å². The highest BCUT2D eigenvalue weighted by atomic mass is 32.2. The number of pyridine rings is 1. The minimum Gasteiger partial charge on any atom is -0.339 e. The van der Waals surface area contributed by atoms with E-state index < -0.39 is 34.6 Å². The number of rotatable bonds is 8. The molecule has 12 heteroatoms. The van der Waals surface area contributed by atoms with Gasteiger partial charge in [0.15, 0.2) is 10.9 Å². The maximum Gasteiger partial charge on any atom is 0.262 e. The van der Waals surface area contributed by atoms with Gasteiger partial charge >= 0.3 is 0 Å². The van der Waals surface area contributed by atoms with Gasteiger partial charge in [-0.15, -0.1) is 22.7 Å². The van der Waals surface area contributed by atoms with Gasteiger partial charge in [0.25, 0.3) is 5.91 Å². The number of thioether (sulfide) groups is 1. The third-order valence-electron chi connectivity index (χ3n) is 6.22. The van der Waals surface area contributed by atoms with Crippen molar-refractivity contribution in [3.8, 4) is 0 Å². The minimum atomic E-state index is -1.01. The number of nitrogens with one attached hydrogen (secondary N) is 2. The van der Waals surface area contributed by atoms with E-state index >= 15 is 0 Å². The Morgan fingerprint density at radius 3 is 2.27 bits per heavy atom. The van der Waals surface area contributed by atoms with Crippen LogP contribution in [0.5, 0.6) is 0 Å². The van der Waals surface area contributed by atoms with Crippen molar-refractivity contribution in [1.29, 1.82) is 0 Å². The molecule has 1 atom stereocenters. The summed E-state index contributed by atoms with van der Waals surface area (Å²) in [5.41, 5.74) is 2.05. The van der Waals surface area contributed by atoms with Gasteiger partial charge in [0.1, 0.15) is 22.4 Å². The molecule has 6 aromatic rings. The number of amides is 2. The summed E-state index contributed by atoms with van der Waals surface area (Å²) < 4.78 is 41.7. The first-order chi connectivity index (χ1) is 19.9. The lowest BCUT2D eigenvalue weighted by atomic mass is 10.1. The lowest BCUT2D eigenvalue weighted by molar-refractivity contribution is -0.117. The Balaban J connectivity index is 1.27.